The van der Waals surface area contributed by atoms with Crippen molar-refractivity contribution in [2.45, 2.75) is 32.8 Å². The third-order valence-electron chi connectivity index (χ3n) is 6.73. The SMILES string of the molecule is CC(C)COC1CCCN(S(=O)(=O)CN2CCN(c3ccnc4cnc5[nH]ccc5c34)CC2)C1. The maximum absolute atomic E-state index is 13.2. The number of nitrogens with one attached hydrogen (secondary N) is 1. The Bertz CT molecular complexity index is 1240. The van der Waals surface area contributed by atoms with Crippen LogP contribution in [-0.4, -0.2) is 90.4 Å². The number of rotatable bonds is 7. The summed E-state index contributed by atoms with van der Waals surface area (Å²) in [6.07, 6.45) is 7.31. The van der Waals surface area contributed by atoms with E-state index < -0.39 is 10.0 Å². The van der Waals surface area contributed by atoms with Crippen molar-refractivity contribution in [3.05, 3.63) is 30.7 Å². The van der Waals surface area contributed by atoms with E-state index in [1.54, 1.807) is 10.5 Å². The maximum atomic E-state index is 13.2. The Kier molecular flexibility index (Phi) is 6.74. The van der Waals surface area contributed by atoms with Gasteiger partial charge in [0, 0.05) is 74.7 Å². The van der Waals surface area contributed by atoms with Gasteiger partial charge >= 0.3 is 0 Å². The summed E-state index contributed by atoms with van der Waals surface area (Å²) < 4.78 is 33.9. The van der Waals surface area contributed by atoms with E-state index in [1.807, 2.05) is 24.5 Å². The number of hydrogen-bond acceptors (Lipinski definition) is 7. The van der Waals surface area contributed by atoms with Crippen molar-refractivity contribution in [1.82, 2.24) is 24.2 Å². The molecule has 0 radical (unpaired) electrons. The first-order valence-electron chi connectivity index (χ1n) is 12.2. The molecule has 3 aromatic rings. The largest absolute Gasteiger partial charge is 0.377 e. The second-order valence-corrected chi connectivity index (χ2v) is 11.7. The lowest BCUT2D eigenvalue weighted by Gasteiger charge is -2.38. The fraction of sp³-hybridized carbons (Fsp3) is 0.583. The molecule has 184 valence electrons. The van der Waals surface area contributed by atoms with Crippen molar-refractivity contribution in [2.75, 3.05) is 56.7 Å². The van der Waals surface area contributed by atoms with Gasteiger partial charge in [-0.15, -0.1) is 0 Å². The van der Waals surface area contributed by atoms with Gasteiger partial charge in [0.1, 0.15) is 11.5 Å². The van der Waals surface area contributed by atoms with E-state index in [0.29, 0.717) is 38.7 Å². The van der Waals surface area contributed by atoms with Gasteiger partial charge < -0.3 is 14.6 Å². The van der Waals surface area contributed by atoms with Crippen molar-refractivity contribution < 1.29 is 13.2 Å². The highest BCUT2D eigenvalue weighted by Crippen LogP contribution is 2.31. The maximum Gasteiger partial charge on any atom is 0.227 e. The van der Waals surface area contributed by atoms with Crippen molar-refractivity contribution in [3.63, 3.8) is 0 Å². The van der Waals surface area contributed by atoms with E-state index in [1.165, 1.54) is 0 Å². The summed E-state index contributed by atoms with van der Waals surface area (Å²) in [4.78, 5) is 16.5. The van der Waals surface area contributed by atoms with Crippen LogP contribution in [0.4, 0.5) is 5.69 Å². The first-order chi connectivity index (χ1) is 16.4. The van der Waals surface area contributed by atoms with Crippen LogP contribution >= 0.6 is 0 Å². The highest BCUT2D eigenvalue weighted by molar-refractivity contribution is 7.89. The Hall–Kier alpha value is -2.27. The van der Waals surface area contributed by atoms with Crippen LogP contribution < -0.4 is 4.90 Å². The summed E-state index contributed by atoms with van der Waals surface area (Å²) in [5, 5.41) is 2.15. The molecule has 1 N–H and O–H groups in total. The molecule has 0 bridgehead atoms. The fourth-order valence-corrected chi connectivity index (χ4v) is 6.64. The molecule has 9 nitrogen and oxygen atoms in total. The fourth-order valence-electron chi connectivity index (χ4n) is 4.95. The summed E-state index contributed by atoms with van der Waals surface area (Å²) >= 11 is 0. The molecule has 0 saturated carbocycles. The van der Waals surface area contributed by atoms with Gasteiger partial charge in [0.2, 0.25) is 10.0 Å². The van der Waals surface area contributed by atoms with Crippen molar-refractivity contribution in [3.8, 4) is 0 Å². The number of sulfonamides is 1. The molecular weight excluding hydrogens is 452 g/mol. The number of aromatic nitrogens is 3. The lowest BCUT2D eigenvalue weighted by Crippen LogP contribution is -2.51. The molecule has 0 spiro atoms. The van der Waals surface area contributed by atoms with Gasteiger partial charge in [0.05, 0.1) is 17.8 Å². The summed E-state index contributed by atoms with van der Waals surface area (Å²) in [5.41, 5.74) is 2.85. The first-order valence-corrected chi connectivity index (χ1v) is 13.8. The molecule has 0 amide bonds. The molecule has 0 aromatic carbocycles. The molecule has 5 rings (SSSR count). The Morgan fingerprint density at radius 3 is 2.76 bits per heavy atom. The zero-order chi connectivity index (χ0) is 23.7. The lowest BCUT2D eigenvalue weighted by molar-refractivity contribution is 0.00531. The Morgan fingerprint density at radius 2 is 1.97 bits per heavy atom. The number of fused-ring (bicyclic) bond motifs is 3. The Morgan fingerprint density at radius 1 is 1.15 bits per heavy atom. The number of piperazine rings is 1. The molecule has 3 aromatic heterocycles. The molecular formula is C24H34N6O3S. The van der Waals surface area contributed by atoms with E-state index in [9.17, 15) is 8.42 Å². The second kappa shape index (κ2) is 9.77. The molecule has 2 aliphatic rings. The Labute approximate surface area is 201 Å². The summed E-state index contributed by atoms with van der Waals surface area (Å²) in [5.74, 6) is 0.520. The molecule has 34 heavy (non-hydrogen) atoms. The van der Waals surface area contributed by atoms with Crippen molar-refractivity contribution in [2.24, 2.45) is 5.92 Å². The number of nitrogens with zero attached hydrogens (tertiary/aromatic N) is 5. The second-order valence-electron chi connectivity index (χ2n) is 9.78. The number of piperidine rings is 1. The van der Waals surface area contributed by atoms with Gasteiger partial charge in [-0.25, -0.2) is 13.4 Å². The predicted octanol–water partition coefficient (Wildman–Crippen LogP) is 2.66. The van der Waals surface area contributed by atoms with Crippen LogP contribution in [0.2, 0.25) is 0 Å². The quantitative estimate of drug-likeness (QED) is 0.549. The van der Waals surface area contributed by atoms with Crippen LogP contribution in [0.1, 0.15) is 26.7 Å². The van der Waals surface area contributed by atoms with Gasteiger partial charge in [-0.3, -0.25) is 9.88 Å². The zero-order valence-electron chi connectivity index (χ0n) is 20.0. The summed E-state index contributed by atoms with van der Waals surface area (Å²) in [7, 11) is -3.35. The number of aromatic amines is 1. The minimum Gasteiger partial charge on any atom is -0.377 e. The minimum atomic E-state index is -3.35. The number of anilines is 1. The standard InChI is InChI=1S/C24H34N6O3S/c1-18(2)16-33-19-4-3-9-30(15-19)34(31,32)17-28-10-12-29(13-11-28)22-6-8-25-21-14-27-24-20(23(21)22)5-7-26-24/h5-8,14,18-19H,3-4,9-13,15-17H2,1-2H3,(H,26,27). The van der Waals surface area contributed by atoms with Crippen LogP contribution in [0.15, 0.2) is 30.7 Å². The number of hydrogen-bond donors (Lipinski definition) is 1. The normalized spacial score (nSPS) is 21.1. The smallest absolute Gasteiger partial charge is 0.227 e. The number of H-pyrrole nitrogens is 1. The minimum absolute atomic E-state index is 0.00232. The zero-order valence-corrected chi connectivity index (χ0v) is 20.8. The number of pyridine rings is 2. The Balaban J connectivity index is 1.23. The third kappa shape index (κ3) is 4.91. The van der Waals surface area contributed by atoms with Crippen LogP contribution in [-0.2, 0) is 14.8 Å². The topological polar surface area (TPSA) is 94.7 Å². The van der Waals surface area contributed by atoms with E-state index in [2.05, 4.69) is 38.6 Å². The molecule has 2 saturated heterocycles. The summed E-state index contributed by atoms with van der Waals surface area (Å²) in [6.45, 7) is 8.90. The summed E-state index contributed by atoms with van der Waals surface area (Å²) in [6, 6.07) is 4.08. The molecule has 1 atom stereocenters. The third-order valence-corrected chi connectivity index (χ3v) is 8.54. The van der Waals surface area contributed by atoms with Gasteiger partial charge in [0.25, 0.3) is 0 Å². The van der Waals surface area contributed by atoms with E-state index in [0.717, 1.165) is 53.6 Å². The van der Waals surface area contributed by atoms with Crippen molar-refractivity contribution >= 4 is 37.6 Å². The van der Waals surface area contributed by atoms with E-state index in [-0.39, 0.29) is 12.0 Å². The lowest BCUT2D eigenvalue weighted by atomic mass is 10.1. The van der Waals surface area contributed by atoms with Crippen LogP contribution in [0.5, 0.6) is 0 Å². The molecule has 0 aliphatic carbocycles. The number of ether oxygens (including phenoxy) is 1. The molecule has 10 heteroatoms. The van der Waals surface area contributed by atoms with Crippen LogP contribution in [0.25, 0.3) is 21.9 Å². The van der Waals surface area contributed by atoms with E-state index >= 15 is 0 Å². The van der Waals surface area contributed by atoms with Crippen LogP contribution in [0, 0.1) is 5.92 Å². The van der Waals surface area contributed by atoms with E-state index in [4.69, 9.17) is 4.74 Å². The van der Waals surface area contributed by atoms with Gasteiger partial charge in [-0.05, 0) is 30.9 Å². The molecule has 1 unspecified atom stereocenters. The van der Waals surface area contributed by atoms with Gasteiger partial charge in [-0.2, -0.15) is 4.31 Å². The van der Waals surface area contributed by atoms with Crippen molar-refractivity contribution in [1.29, 1.82) is 0 Å². The highest BCUT2D eigenvalue weighted by atomic mass is 32.2. The van der Waals surface area contributed by atoms with Gasteiger partial charge in [0.15, 0.2) is 0 Å². The molecule has 5 heterocycles. The molecule has 2 fully saturated rings. The average molecular weight is 487 g/mol. The monoisotopic (exact) mass is 486 g/mol. The average Bonchev–Trinajstić information content (AvgIpc) is 3.32. The highest BCUT2D eigenvalue weighted by Gasteiger charge is 2.32. The molecule has 2 aliphatic heterocycles. The van der Waals surface area contributed by atoms with Crippen LogP contribution in [0.3, 0.4) is 0 Å². The van der Waals surface area contributed by atoms with Gasteiger partial charge in [-0.1, -0.05) is 13.8 Å². The predicted molar refractivity (Wildman–Crippen MR) is 134 cm³/mol. The first kappa shape index (κ1) is 23.5.